The quantitative estimate of drug-likeness (QED) is 0.570. The second-order valence-corrected chi connectivity index (χ2v) is 5.31. The molecule has 105 valence electrons. The molecule has 0 aromatic heterocycles. The zero-order valence-electron chi connectivity index (χ0n) is 10.8. The van der Waals surface area contributed by atoms with Gasteiger partial charge in [0.1, 0.15) is 4.90 Å². The maximum atomic E-state index is 11.3. The van der Waals surface area contributed by atoms with Crippen LogP contribution >= 0.6 is 0 Å². The second kappa shape index (κ2) is 6.12. The van der Waals surface area contributed by atoms with Crippen molar-refractivity contribution in [2.45, 2.75) is 4.90 Å². The largest absolute Gasteiger partial charge is 0.478 e. The number of hydrogen-bond donors (Lipinski definition) is 3. The molecule has 0 bridgehead atoms. The summed E-state index contributed by atoms with van der Waals surface area (Å²) in [6.07, 6.45) is 0. The summed E-state index contributed by atoms with van der Waals surface area (Å²) in [5, 5.41) is 17.7. The smallest absolute Gasteiger partial charge is 0.336 e. The number of aromatic carboxylic acids is 2. The van der Waals surface area contributed by atoms with Crippen LogP contribution in [0.2, 0.25) is 0 Å². The molecule has 0 amide bonds. The molecule has 0 saturated heterocycles. The first kappa shape index (κ1) is 17.6. The third-order valence-electron chi connectivity index (χ3n) is 2.74. The SMILES string of the molecule is O=C(O)c1ccc(C(=O)O)c2c(S(=O)(=O)O)cccc12.[Na]. The Labute approximate surface area is 141 Å². The Balaban J connectivity index is 0.00000220. The monoisotopic (exact) mass is 319 g/mol. The fraction of sp³-hybridized carbons (Fsp3) is 0. The number of carboxylic acids is 2. The van der Waals surface area contributed by atoms with Gasteiger partial charge >= 0.3 is 11.9 Å². The van der Waals surface area contributed by atoms with Gasteiger partial charge in [-0.25, -0.2) is 9.59 Å². The standard InChI is InChI=1S/C12H8O7S.Na/c13-11(14)7-4-5-8(12(15)16)10-6(7)2-1-3-9(10)20(17,18)19;/h1-5H,(H,13,14)(H,15,16)(H,17,18,19);. The van der Waals surface area contributed by atoms with E-state index in [1.54, 1.807) is 0 Å². The Hall–Kier alpha value is -1.45. The fourth-order valence-corrected chi connectivity index (χ4v) is 2.68. The van der Waals surface area contributed by atoms with E-state index in [1.165, 1.54) is 12.1 Å². The average Bonchev–Trinajstić information content (AvgIpc) is 2.34. The Morgan fingerprint density at radius 2 is 1.43 bits per heavy atom. The van der Waals surface area contributed by atoms with Crippen LogP contribution in [0.5, 0.6) is 0 Å². The first-order valence-corrected chi connectivity index (χ1v) is 6.67. The first-order chi connectivity index (χ1) is 9.23. The molecule has 0 aliphatic carbocycles. The molecule has 0 heterocycles. The molecule has 0 spiro atoms. The van der Waals surface area contributed by atoms with Crippen LogP contribution in [0.3, 0.4) is 0 Å². The summed E-state index contributed by atoms with van der Waals surface area (Å²) in [5.74, 6) is -2.76. The summed E-state index contributed by atoms with van der Waals surface area (Å²) in [4.78, 5) is 21.6. The third kappa shape index (κ3) is 3.25. The molecule has 2 aromatic carbocycles. The number of rotatable bonds is 3. The molecule has 1 radical (unpaired) electrons. The number of hydrogen-bond acceptors (Lipinski definition) is 4. The van der Waals surface area contributed by atoms with Crippen LogP contribution in [0.25, 0.3) is 10.8 Å². The molecule has 0 aliphatic heterocycles. The van der Waals surface area contributed by atoms with Crippen LogP contribution in [0.4, 0.5) is 0 Å². The number of fused-ring (bicyclic) bond motifs is 1. The summed E-state index contributed by atoms with van der Waals surface area (Å²) in [5.41, 5.74) is -0.659. The van der Waals surface area contributed by atoms with Gasteiger partial charge in [-0.1, -0.05) is 12.1 Å². The Bertz CT molecular complexity index is 842. The minimum Gasteiger partial charge on any atom is -0.478 e. The minimum atomic E-state index is -4.68. The van der Waals surface area contributed by atoms with Crippen molar-refractivity contribution in [2.75, 3.05) is 0 Å². The van der Waals surface area contributed by atoms with Crippen molar-refractivity contribution in [3.63, 3.8) is 0 Å². The van der Waals surface area contributed by atoms with Gasteiger partial charge in [-0.2, -0.15) is 8.42 Å². The van der Waals surface area contributed by atoms with Crippen LogP contribution < -0.4 is 0 Å². The van der Waals surface area contributed by atoms with E-state index in [9.17, 15) is 18.0 Å². The van der Waals surface area contributed by atoms with Crippen LogP contribution in [-0.2, 0) is 10.1 Å². The van der Waals surface area contributed by atoms with Gasteiger partial charge in [0.2, 0.25) is 0 Å². The van der Waals surface area contributed by atoms with Gasteiger partial charge in [-0.3, -0.25) is 4.55 Å². The molecule has 9 heteroatoms. The molecule has 7 nitrogen and oxygen atoms in total. The second-order valence-electron chi connectivity index (χ2n) is 3.92. The van der Waals surface area contributed by atoms with Crippen LogP contribution in [0.1, 0.15) is 20.7 Å². The first-order valence-electron chi connectivity index (χ1n) is 5.23. The van der Waals surface area contributed by atoms with Crippen molar-refractivity contribution in [2.24, 2.45) is 0 Å². The van der Waals surface area contributed by atoms with Gasteiger partial charge in [-0.05, 0) is 23.6 Å². The normalized spacial score (nSPS) is 10.9. The van der Waals surface area contributed by atoms with Gasteiger partial charge in [0, 0.05) is 34.9 Å². The zero-order chi connectivity index (χ0) is 15.1. The van der Waals surface area contributed by atoms with E-state index in [4.69, 9.17) is 14.8 Å². The fourth-order valence-electron chi connectivity index (χ4n) is 1.95. The maximum absolute atomic E-state index is 11.3. The molecule has 2 aromatic rings. The van der Waals surface area contributed by atoms with Crippen molar-refractivity contribution in [1.82, 2.24) is 0 Å². The summed E-state index contributed by atoms with van der Waals surface area (Å²) in [7, 11) is -4.68. The molecule has 0 saturated carbocycles. The van der Waals surface area contributed by atoms with E-state index in [1.807, 2.05) is 0 Å². The van der Waals surface area contributed by atoms with Gasteiger partial charge in [0.15, 0.2) is 0 Å². The number of carboxylic acid groups (broad SMARTS) is 2. The predicted molar refractivity (Wildman–Crippen MR) is 73.4 cm³/mol. The summed E-state index contributed by atoms with van der Waals surface area (Å²) in [6, 6.07) is 5.57. The van der Waals surface area contributed by atoms with Crippen molar-refractivity contribution >= 4 is 62.4 Å². The molecule has 3 N–H and O–H groups in total. The maximum Gasteiger partial charge on any atom is 0.336 e. The van der Waals surface area contributed by atoms with Gasteiger partial charge < -0.3 is 10.2 Å². The van der Waals surface area contributed by atoms with Crippen LogP contribution in [0.15, 0.2) is 35.2 Å². The Kier molecular flexibility index (Phi) is 5.13. The molecule has 21 heavy (non-hydrogen) atoms. The van der Waals surface area contributed by atoms with Gasteiger partial charge in [0.05, 0.1) is 11.1 Å². The summed E-state index contributed by atoms with van der Waals surface area (Å²) in [6.45, 7) is 0. The van der Waals surface area contributed by atoms with Gasteiger partial charge in [0.25, 0.3) is 10.1 Å². The van der Waals surface area contributed by atoms with E-state index < -0.39 is 32.5 Å². The van der Waals surface area contributed by atoms with Crippen molar-refractivity contribution in [1.29, 1.82) is 0 Å². The summed E-state index contributed by atoms with van der Waals surface area (Å²) < 4.78 is 31.8. The molecular formula is C12H8NaO7S. The average molecular weight is 319 g/mol. The predicted octanol–water partition coefficient (Wildman–Crippen LogP) is 1.10. The van der Waals surface area contributed by atoms with E-state index in [-0.39, 0.29) is 45.9 Å². The molecule has 0 aliphatic rings. The van der Waals surface area contributed by atoms with E-state index in [0.717, 1.165) is 18.2 Å². The minimum absolute atomic E-state index is 0. The zero-order valence-corrected chi connectivity index (χ0v) is 13.6. The van der Waals surface area contributed by atoms with E-state index in [2.05, 4.69) is 0 Å². The van der Waals surface area contributed by atoms with Crippen molar-refractivity contribution in [3.05, 3.63) is 41.5 Å². The molecule has 2 rings (SSSR count). The van der Waals surface area contributed by atoms with Crippen molar-refractivity contribution in [3.8, 4) is 0 Å². The van der Waals surface area contributed by atoms with Gasteiger partial charge in [-0.15, -0.1) is 0 Å². The number of carbonyl (C=O) groups is 2. The van der Waals surface area contributed by atoms with Crippen LogP contribution in [-0.4, -0.2) is 64.7 Å². The topological polar surface area (TPSA) is 129 Å². The summed E-state index contributed by atoms with van der Waals surface area (Å²) >= 11 is 0. The van der Waals surface area contributed by atoms with Crippen LogP contribution in [0, 0.1) is 0 Å². The number of benzene rings is 2. The molecular weight excluding hydrogens is 311 g/mol. The molecule has 0 fully saturated rings. The molecule has 0 unspecified atom stereocenters. The molecule has 0 atom stereocenters. The van der Waals surface area contributed by atoms with E-state index in [0.29, 0.717) is 0 Å². The van der Waals surface area contributed by atoms with E-state index >= 15 is 0 Å². The third-order valence-corrected chi connectivity index (χ3v) is 3.64. The van der Waals surface area contributed by atoms with Crippen molar-refractivity contribution < 1.29 is 32.8 Å². The Morgan fingerprint density at radius 1 is 0.905 bits per heavy atom. The Morgan fingerprint density at radius 3 is 1.90 bits per heavy atom.